The maximum atomic E-state index is 11.8. The summed E-state index contributed by atoms with van der Waals surface area (Å²) in [7, 11) is 0. The largest absolute Gasteiger partial charge is 0.452 e. The van der Waals surface area contributed by atoms with Gasteiger partial charge in [-0.15, -0.1) is 0 Å². The van der Waals surface area contributed by atoms with E-state index in [1.165, 1.54) is 0 Å². The Morgan fingerprint density at radius 2 is 2.12 bits per heavy atom. The van der Waals surface area contributed by atoms with Crippen molar-refractivity contribution >= 4 is 44.3 Å². The van der Waals surface area contributed by atoms with Gasteiger partial charge in [-0.1, -0.05) is 11.6 Å². The summed E-state index contributed by atoms with van der Waals surface area (Å²) in [4.78, 5) is 11.8. The van der Waals surface area contributed by atoms with E-state index in [9.17, 15) is 4.79 Å². The molecule has 1 aliphatic rings. The van der Waals surface area contributed by atoms with Gasteiger partial charge >= 0.3 is 0 Å². The van der Waals surface area contributed by atoms with Crippen LogP contribution in [0.5, 0.6) is 0 Å². The van der Waals surface area contributed by atoms with Crippen molar-refractivity contribution in [3.05, 3.63) is 33.5 Å². The average molecular weight is 300 g/mol. The third-order valence-corrected chi connectivity index (χ3v) is 3.53. The van der Waals surface area contributed by atoms with Gasteiger partial charge in [0, 0.05) is 16.3 Å². The molecule has 0 N–H and O–H groups in total. The molecule has 0 aliphatic heterocycles. The molecule has 0 radical (unpaired) electrons. The molecule has 1 fully saturated rings. The first-order valence-corrected chi connectivity index (χ1v) is 6.25. The number of furan rings is 1. The lowest BCUT2D eigenvalue weighted by Gasteiger charge is -1.93. The summed E-state index contributed by atoms with van der Waals surface area (Å²) in [6.07, 6.45) is 1.97. The number of halogens is 2. The van der Waals surface area contributed by atoms with Gasteiger partial charge in [0.05, 0.1) is 4.47 Å². The van der Waals surface area contributed by atoms with Crippen LogP contribution >= 0.6 is 27.5 Å². The minimum absolute atomic E-state index is 0.110. The molecular weight excluding hydrogens is 291 g/mol. The van der Waals surface area contributed by atoms with Crippen LogP contribution in [-0.2, 0) is 0 Å². The maximum absolute atomic E-state index is 11.8. The number of Topliss-reactive ketones (excluding diaryl/α,β-unsaturated/α-hetero) is 1. The van der Waals surface area contributed by atoms with Crippen LogP contribution in [0.1, 0.15) is 23.4 Å². The highest BCUT2D eigenvalue weighted by Gasteiger charge is 2.32. The standard InChI is InChI=1S/C12H8BrClO2/c13-9-5-8(14)3-7-4-10(16-12(7)9)11(15)6-1-2-6/h3-6H,1-2H2. The topological polar surface area (TPSA) is 30.2 Å². The Labute approximate surface area is 106 Å². The Morgan fingerprint density at radius 3 is 2.81 bits per heavy atom. The summed E-state index contributed by atoms with van der Waals surface area (Å²) in [5.41, 5.74) is 0.688. The molecular formula is C12H8BrClO2. The van der Waals surface area contributed by atoms with E-state index in [0.717, 1.165) is 22.7 Å². The molecule has 0 spiro atoms. The molecule has 1 aromatic heterocycles. The van der Waals surface area contributed by atoms with Crippen LogP contribution in [0.3, 0.4) is 0 Å². The zero-order valence-electron chi connectivity index (χ0n) is 8.30. The summed E-state index contributed by atoms with van der Waals surface area (Å²) in [5, 5.41) is 1.49. The molecule has 0 atom stereocenters. The van der Waals surface area contributed by atoms with Crippen molar-refractivity contribution in [2.75, 3.05) is 0 Å². The Balaban J connectivity index is 2.14. The Hall–Kier alpha value is -0.800. The second kappa shape index (κ2) is 3.60. The van der Waals surface area contributed by atoms with Gasteiger partial charge in [-0.25, -0.2) is 0 Å². The lowest BCUT2D eigenvalue weighted by atomic mass is 10.2. The highest BCUT2D eigenvalue weighted by molar-refractivity contribution is 9.10. The van der Waals surface area contributed by atoms with E-state index >= 15 is 0 Å². The molecule has 16 heavy (non-hydrogen) atoms. The first-order chi connectivity index (χ1) is 7.65. The fourth-order valence-corrected chi connectivity index (χ4v) is 2.66. The number of carbonyl (C=O) groups excluding carboxylic acids is 1. The first-order valence-electron chi connectivity index (χ1n) is 5.08. The SMILES string of the molecule is O=C(c1cc2cc(Cl)cc(Br)c2o1)C1CC1. The van der Waals surface area contributed by atoms with Gasteiger partial charge in [0.2, 0.25) is 5.78 Å². The normalized spacial score (nSPS) is 15.6. The number of rotatable bonds is 2. The first kappa shape index (κ1) is 10.4. The third-order valence-electron chi connectivity index (χ3n) is 2.73. The third kappa shape index (κ3) is 1.68. The van der Waals surface area contributed by atoms with Crippen LogP contribution in [0.15, 0.2) is 27.1 Å². The zero-order chi connectivity index (χ0) is 11.3. The second-order valence-electron chi connectivity index (χ2n) is 4.06. The summed E-state index contributed by atoms with van der Waals surface area (Å²) < 4.78 is 6.34. The Morgan fingerprint density at radius 1 is 1.38 bits per heavy atom. The van der Waals surface area contributed by atoms with Gasteiger partial charge in [-0.3, -0.25) is 4.79 Å². The zero-order valence-corrected chi connectivity index (χ0v) is 10.6. The van der Waals surface area contributed by atoms with Crippen LogP contribution in [-0.4, -0.2) is 5.78 Å². The van der Waals surface area contributed by atoms with Crippen molar-refractivity contribution in [1.29, 1.82) is 0 Å². The number of hydrogen-bond acceptors (Lipinski definition) is 2. The van der Waals surface area contributed by atoms with Crippen LogP contribution in [0.25, 0.3) is 11.0 Å². The van der Waals surface area contributed by atoms with Crippen molar-refractivity contribution in [2.45, 2.75) is 12.8 Å². The molecule has 0 amide bonds. The molecule has 1 aromatic carbocycles. The van der Waals surface area contributed by atoms with Gasteiger partial charge in [0.15, 0.2) is 5.76 Å². The van der Waals surface area contributed by atoms with Gasteiger partial charge in [-0.05, 0) is 47.0 Å². The van der Waals surface area contributed by atoms with Gasteiger partial charge in [-0.2, -0.15) is 0 Å². The van der Waals surface area contributed by atoms with E-state index < -0.39 is 0 Å². The number of fused-ring (bicyclic) bond motifs is 1. The number of ketones is 1. The second-order valence-corrected chi connectivity index (χ2v) is 5.35. The molecule has 0 saturated heterocycles. The summed E-state index contributed by atoms with van der Waals surface area (Å²) in [6.45, 7) is 0. The molecule has 2 nitrogen and oxygen atoms in total. The van der Waals surface area contributed by atoms with Gasteiger partial charge < -0.3 is 4.42 Å². The van der Waals surface area contributed by atoms with Crippen molar-refractivity contribution in [2.24, 2.45) is 5.92 Å². The predicted molar refractivity (Wildman–Crippen MR) is 66.0 cm³/mol. The molecule has 0 bridgehead atoms. The average Bonchev–Trinajstić information content (AvgIpc) is 2.97. The van der Waals surface area contributed by atoms with Crippen molar-refractivity contribution in [3.8, 4) is 0 Å². The van der Waals surface area contributed by atoms with Crippen molar-refractivity contribution < 1.29 is 9.21 Å². The molecule has 82 valence electrons. The molecule has 3 rings (SSSR count). The number of carbonyl (C=O) groups is 1. The minimum Gasteiger partial charge on any atom is -0.452 e. The number of hydrogen-bond donors (Lipinski definition) is 0. The van der Waals surface area contributed by atoms with Gasteiger partial charge in [0.1, 0.15) is 5.58 Å². The molecule has 2 aromatic rings. The van der Waals surface area contributed by atoms with Crippen molar-refractivity contribution in [3.63, 3.8) is 0 Å². The van der Waals surface area contributed by atoms with E-state index in [4.69, 9.17) is 16.0 Å². The van der Waals surface area contributed by atoms with Gasteiger partial charge in [0.25, 0.3) is 0 Å². The summed E-state index contributed by atoms with van der Waals surface area (Å²) >= 11 is 9.30. The van der Waals surface area contributed by atoms with E-state index in [2.05, 4.69) is 15.9 Å². The maximum Gasteiger partial charge on any atom is 0.201 e. The molecule has 4 heteroatoms. The monoisotopic (exact) mass is 298 g/mol. The van der Waals surface area contributed by atoms with Crippen LogP contribution < -0.4 is 0 Å². The molecule has 1 saturated carbocycles. The van der Waals surface area contributed by atoms with Crippen LogP contribution in [0.2, 0.25) is 5.02 Å². The molecule has 1 heterocycles. The fourth-order valence-electron chi connectivity index (χ4n) is 1.74. The molecule has 0 unspecified atom stereocenters. The van der Waals surface area contributed by atoms with E-state index in [1.54, 1.807) is 18.2 Å². The van der Waals surface area contributed by atoms with Crippen LogP contribution in [0, 0.1) is 5.92 Å². The summed E-state index contributed by atoms with van der Waals surface area (Å²) in [5.74, 6) is 0.731. The minimum atomic E-state index is 0.110. The van der Waals surface area contributed by atoms with E-state index in [0.29, 0.717) is 16.4 Å². The highest BCUT2D eigenvalue weighted by atomic mass is 79.9. The smallest absolute Gasteiger partial charge is 0.201 e. The highest BCUT2D eigenvalue weighted by Crippen LogP contribution is 2.36. The van der Waals surface area contributed by atoms with Crippen molar-refractivity contribution in [1.82, 2.24) is 0 Å². The fraction of sp³-hybridized carbons (Fsp3) is 0.250. The Bertz CT molecular complexity index is 584. The van der Waals surface area contributed by atoms with E-state index in [-0.39, 0.29) is 11.7 Å². The summed E-state index contributed by atoms with van der Waals surface area (Å²) in [6, 6.07) is 5.33. The van der Waals surface area contributed by atoms with E-state index in [1.807, 2.05) is 0 Å². The number of benzene rings is 1. The molecule has 1 aliphatic carbocycles. The predicted octanol–water partition coefficient (Wildman–Crippen LogP) is 4.44. The van der Waals surface area contributed by atoms with Crippen LogP contribution in [0.4, 0.5) is 0 Å². The lowest BCUT2D eigenvalue weighted by Crippen LogP contribution is -1.98. The quantitative estimate of drug-likeness (QED) is 0.767. The lowest BCUT2D eigenvalue weighted by molar-refractivity contribution is 0.0942. The Kier molecular flexibility index (Phi) is 2.33.